The smallest absolute Gasteiger partial charge is 0.265 e. The Kier molecular flexibility index (Phi) is 3.68. The van der Waals surface area contributed by atoms with Gasteiger partial charge >= 0.3 is 0 Å². The Balaban J connectivity index is 3.10. The molecule has 0 spiro atoms. The molecule has 0 aliphatic rings. The van der Waals surface area contributed by atoms with E-state index < -0.39 is 0 Å². The van der Waals surface area contributed by atoms with Gasteiger partial charge in [0.15, 0.2) is 0 Å². The molecule has 0 aliphatic carbocycles. The number of methoxy groups -OCH3 is 1. The van der Waals surface area contributed by atoms with Gasteiger partial charge in [0.25, 0.3) is 5.91 Å². The van der Waals surface area contributed by atoms with Gasteiger partial charge < -0.3 is 4.74 Å². The van der Waals surface area contributed by atoms with Crippen LogP contribution in [0.5, 0.6) is 5.75 Å². The van der Waals surface area contributed by atoms with Gasteiger partial charge in [-0.15, -0.1) is 0 Å². The molecule has 1 amide bonds. The number of nitrogens with one attached hydrogen (secondary N) is 2. The third-order valence-electron chi connectivity index (χ3n) is 2.23. The van der Waals surface area contributed by atoms with Crippen LogP contribution in [-0.2, 0) is 0 Å². The number of aryl methyl sites for hydroxylation is 2. The van der Waals surface area contributed by atoms with Gasteiger partial charge in [-0.25, -0.2) is 5.43 Å². The summed E-state index contributed by atoms with van der Waals surface area (Å²) in [6.45, 7) is 3.79. The second-order valence-corrected chi connectivity index (χ2v) is 3.34. The maximum Gasteiger partial charge on any atom is 0.265 e. The number of ether oxygens (including phenoxy) is 1. The van der Waals surface area contributed by atoms with Crippen LogP contribution in [0.25, 0.3) is 0 Å². The Hall–Kier alpha value is -1.55. The first-order valence-corrected chi connectivity index (χ1v) is 4.72. The molecule has 4 heteroatoms. The van der Waals surface area contributed by atoms with Crippen molar-refractivity contribution >= 4 is 5.91 Å². The minimum Gasteiger partial charge on any atom is -0.496 e. The highest BCUT2D eigenvalue weighted by atomic mass is 16.5. The van der Waals surface area contributed by atoms with E-state index in [2.05, 4.69) is 10.9 Å². The van der Waals surface area contributed by atoms with Crippen molar-refractivity contribution in [3.05, 3.63) is 28.8 Å². The highest BCUT2D eigenvalue weighted by Crippen LogP contribution is 2.22. The summed E-state index contributed by atoms with van der Waals surface area (Å²) in [5, 5.41) is 0. The lowest BCUT2D eigenvalue weighted by Gasteiger charge is -2.10. The van der Waals surface area contributed by atoms with E-state index in [1.165, 1.54) is 0 Å². The van der Waals surface area contributed by atoms with Gasteiger partial charge in [-0.1, -0.05) is 0 Å². The molecule has 0 heterocycles. The van der Waals surface area contributed by atoms with Crippen molar-refractivity contribution < 1.29 is 9.53 Å². The Morgan fingerprint density at radius 2 is 1.93 bits per heavy atom. The molecule has 1 aromatic rings. The molecule has 2 N–H and O–H groups in total. The summed E-state index contributed by atoms with van der Waals surface area (Å²) in [7, 11) is 3.28. The van der Waals surface area contributed by atoms with Crippen molar-refractivity contribution in [2.75, 3.05) is 14.2 Å². The molecule has 0 atom stereocenters. The summed E-state index contributed by atoms with van der Waals surface area (Å²) in [5.41, 5.74) is 7.65. The topological polar surface area (TPSA) is 50.4 Å². The van der Waals surface area contributed by atoms with E-state index in [-0.39, 0.29) is 5.91 Å². The molecule has 82 valence electrons. The van der Waals surface area contributed by atoms with Crippen LogP contribution in [0.4, 0.5) is 0 Å². The van der Waals surface area contributed by atoms with Crippen LogP contribution in [0.15, 0.2) is 12.1 Å². The SMILES string of the molecule is CNNC(=O)c1cc(C)c(OC)cc1C. The maximum absolute atomic E-state index is 11.6. The second-order valence-electron chi connectivity index (χ2n) is 3.34. The van der Waals surface area contributed by atoms with Crippen molar-refractivity contribution in [3.63, 3.8) is 0 Å². The second kappa shape index (κ2) is 4.79. The molecule has 0 saturated heterocycles. The van der Waals surface area contributed by atoms with Crippen molar-refractivity contribution in [1.82, 2.24) is 10.9 Å². The number of hydrogen-bond donors (Lipinski definition) is 2. The van der Waals surface area contributed by atoms with Crippen molar-refractivity contribution in [3.8, 4) is 5.75 Å². The Labute approximate surface area is 89.6 Å². The van der Waals surface area contributed by atoms with Crippen LogP contribution in [0, 0.1) is 13.8 Å². The van der Waals surface area contributed by atoms with Crippen LogP contribution in [0.3, 0.4) is 0 Å². The number of hydrazine groups is 1. The first kappa shape index (κ1) is 11.5. The third kappa shape index (κ3) is 2.47. The average Bonchev–Trinajstić information content (AvgIpc) is 2.21. The van der Waals surface area contributed by atoms with E-state index in [1.807, 2.05) is 26.0 Å². The molecule has 0 aromatic heterocycles. The van der Waals surface area contributed by atoms with Crippen LogP contribution in [0.2, 0.25) is 0 Å². The van der Waals surface area contributed by atoms with E-state index in [0.29, 0.717) is 5.56 Å². The summed E-state index contributed by atoms with van der Waals surface area (Å²) in [6.07, 6.45) is 0. The zero-order valence-corrected chi connectivity index (χ0v) is 9.47. The predicted octanol–water partition coefficient (Wildman–Crippen LogP) is 1.18. The van der Waals surface area contributed by atoms with Crippen LogP contribution in [0.1, 0.15) is 21.5 Å². The summed E-state index contributed by atoms with van der Waals surface area (Å²) >= 11 is 0. The largest absolute Gasteiger partial charge is 0.496 e. The van der Waals surface area contributed by atoms with Gasteiger partial charge in [-0.2, -0.15) is 0 Å². The molecule has 15 heavy (non-hydrogen) atoms. The third-order valence-corrected chi connectivity index (χ3v) is 2.23. The van der Waals surface area contributed by atoms with Crippen molar-refractivity contribution in [2.45, 2.75) is 13.8 Å². The summed E-state index contributed by atoms with van der Waals surface area (Å²) in [6, 6.07) is 3.68. The van der Waals surface area contributed by atoms with E-state index >= 15 is 0 Å². The molecular formula is C11H16N2O2. The monoisotopic (exact) mass is 208 g/mol. The molecule has 1 aromatic carbocycles. The first-order valence-electron chi connectivity index (χ1n) is 4.72. The zero-order chi connectivity index (χ0) is 11.4. The Morgan fingerprint density at radius 3 is 2.47 bits per heavy atom. The minimum absolute atomic E-state index is 0.138. The van der Waals surface area contributed by atoms with Crippen molar-refractivity contribution in [1.29, 1.82) is 0 Å². The number of amides is 1. The molecule has 0 aliphatic heterocycles. The standard InChI is InChI=1S/C11H16N2O2/c1-7-6-10(15-4)8(2)5-9(7)11(14)13-12-3/h5-6,12H,1-4H3,(H,13,14). The number of hydrogen-bond acceptors (Lipinski definition) is 3. The highest BCUT2D eigenvalue weighted by Gasteiger charge is 2.10. The Bertz CT molecular complexity index is 375. The van der Waals surface area contributed by atoms with Crippen LogP contribution in [-0.4, -0.2) is 20.1 Å². The normalized spacial score (nSPS) is 9.87. The molecule has 1 rings (SSSR count). The van der Waals surface area contributed by atoms with Gasteiger partial charge in [0.1, 0.15) is 5.75 Å². The first-order chi connectivity index (χ1) is 7.10. The predicted molar refractivity (Wildman–Crippen MR) is 59.0 cm³/mol. The fourth-order valence-corrected chi connectivity index (χ4v) is 1.44. The van der Waals surface area contributed by atoms with Gasteiger partial charge in [-0.3, -0.25) is 10.2 Å². The number of carbonyl (C=O) groups is 1. The fourth-order valence-electron chi connectivity index (χ4n) is 1.44. The van der Waals surface area contributed by atoms with E-state index in [0.717, 1.165) is 16.9 Å². The Morgan fingerprint density at radius 1 is 1.27 bits per heavy atom. The van der Waals surface area contributed by atoms with Gasteiger partial charge in [0.2, 0.25) is 0 Å². The zero-order valence-electron chi connectivity index (χ0n) is 9.47. The lowest BCUT2D eigenvalue weighted by Crippen LogP contribution is -2.34. The quantitative estimate of drug-likeness (QED) is 0.733. The minimum atomic E-state index is -0.138. The highest BCUT2D eigenvalue weighted by molar-refractivity contribution is 5.95. The lowest BCUT2D eigenvalue weighted by molar-refractivity contribution is 0.0937. The number of benzene rings is 1. The summed E-state index contributed by atoms with van der Waals surface area (Å²) in [5.74, 6) is 0.661. The van der Waals surface area contributed by atoms with Gasteiger partial charge in [0, 0.05) is 12.6 Å². The van der Waals surface area contributed by atoms with Crippen LogP contribution < -0.4 is 15.6 Å². The lowest BCUT2D eigenvalue weighted by atomic mass is 10.0. The molecule has 0 radical (unpaired) electrons. The van der Waals surface area contributed by atoms with Gasteiger partial charge in [-0.05, 0) is 37.1 Å². The number of carbonyl (C=O) groups excluding carboxylic acids is 1. The maximum atomic E-state index is 11.6. The van der Waals surface area contributed by atoms with Crippen LogP contribution >= 0.6 is 0 Å². The van der Waals surface area contributed by atoms with Gasteiger partial charge in [0.05, 0.1) is 7.11 Å². The average molecular weight is 208 g/mol. The molecule has 0 saturated carbocycles. The molecule has 0 unspecified atom stereocenters. The molecule has 4 nitrogen and oxygen atoms in total. The summed E-state index contributed by atoms with van der Waals surface area (Å²) < 4.78 is 5.17. The van der Waals surface area contributed by atoms with E-state index in [1.54, 1.807) is 14.2 Å². The molecule has 0 fully saturated rings. The fraction of sp³-hybridized carbons (Fsp3) is 0.364. The number of rotatable bonds is 3. The summed E-state index contributed by atoms with van der Waals surface area (Å²) in [4.78, 5) is 11.6. The van der Waals surface area contributed by atoms with E-state index in [9.17, 15) is 4.79 Å². The van der Waals surface area contributed by atoms with Crippen molar-refractivity contribution in [2.24, 2.45) is 0 Å². The molecular weight excluding hydrogens is 192 g/mol. The molecule has 0 bridgehead atoms. The van der Waals surface area contributed by atoms with E-state index in [4.69, 9.17) is 4.74 Å².